The molecule has 0 amide bonds. The molecule has 0 aromatic carbocycles. The van der Waals surface area contributed by atoms with Crippen molar-refractivity contribution >= 4 is 11.5 Å². The fraction of sp³-hybridized carbons (Fsp3) is 0.455. The van der Waals surface area contributed by atoms with Gasteiger partial charge in [-0.1, -0.05) is 0 Å². The summed E-state index contributed by atoms with van der Waals surface area (Å²) in [5.74, 6) is 0.911. The van der Waals surface area contributed by atoms with Gasteiger partial charge in [0.05, 0.1) is 0 Å². The zero-order chi connectivity index (χ0) is 11.5. The van der Waals surface area contributed by atoms with Gasteiger partial charge in [0.15, 0.2) is 5.65 Å². The SMILES string of the molecule is Cc1cc(NC(C)CCO)n2ncnc2c1. The van der Waals surface area contributed by atoms with E-state index in [0.717, 1.165) is 17.0 Å². The molecular weight excluding hydrogens is 204 g/mol. The van der Waals surface area contributed by atoms with Crippen LogP contribution in [0.5, 0.6) is 0 Å². The van der Waals surface area contributed by atoms with Crippen LogP contribution in [0, 0.1) is 6.92 Å². The Balaban J connectivity index is 2.31. The van der Waals surface area contributed by atoms with E-state index in [1.54, 1.807) is 4.52 Å². The molecule has 2 rings (SSSR count). The van der Waals surface area contributed by atoms with Gasteiger partial charge in [-0.2, -0.15) is 9.61 Å². The van der Waals surface area contributed by atoms with Gasteiger partial charge in [-0.15, -0.1) is 0 Å². The molecule has 86 valence electrons. The first-order valence-corrected chi connectivity index (χ1v) is 5.38. The van der Waals surface area contributed by atoms with E-state index in [4.69, 9.17) is 5.11 Å². The van der Waals surface area contributed by atoms with E-state index in [9.17, 15) is 0 Å². The van der Waals surface area contributed by atoms with Gasteiger partial charge in [0, 0.05) is 12.6 Å². The normalized spacial score (nSPS) is 12.9. The predicted molar refractivity (Wildman–Crippen MR) is 62.5 cm³/mol. The van der Waals surface area contributed by atoms with E-state index in [0.29, 0.717) is 6.42 Å². The average Bonchev–Trinajstić information content (AvgIpc) is 2.65. The lowest BCUT2D eigenvalue weighted by molar-refractivity contribution is 0.282. The molecule has 0 aliphatic heterocycles. The molecule has 2 heterocycles. The number of aliphatic hydroxyl groups is 1. The van der Waals surface area contributed by atoms with Crippen LogP contribution in [0.1, 0.15) is 18.9 Å². The van der Waals surface area contributed by atoms with Crippen molar-refractivity contribution in [3.05, 3.63) is 24.0 Å². The summed E-state index contributed by atoms with van der Waals surface area (Å²) in [4.78, 5) is 4.16. The summed E-state index contributed by atoms with van der Waals surface area (Å²) in [6.45, 7) is 4.23. The molecule has 0 spiro atoms. The molecule has 5 nitrogen and oxygen atoms in total. The van der Waals surface area contributed by atoms with Crippen LogP contribution < -0.4 is 5.32 Å². The lowest BCUT2D eigenvalue weighted by Gasteiger charge is -2.15. The van der Waals surface area contributed by atoms with Gasteiger partial charge in [-0.25, -0.2) is 4.98 Å². The Morgan fingerprint density at radius 2 is 2.31 bits per heavy atom. The summed E-state index contributed by atoms with van der Waals surface area (Å²) in [5.41, 5.74) is 1.97. The quantitative estimate of drug-likeness (QED) is 0.813. The third-order valence-corrected chi connectivity index (χ3v) is 2.48. The summed E-state index contributed by atoms with van der Waals surface area (Å²) >= 11 is 0. The van der Waals surface area contributed by atoms with Crippen LogP contribution in [-0.4, -0.2) is 32.4 Å². The molecule has 1 atom stereocenters. The maximum atomic E-state index is 8.87. The zero-order valence-electron chi connectivity index (χ0n) is 9.51. The molecule has 0 radical (unpaired) electrons. The van der Waals surface area contributed by atoms with Crippen LogP contribution in [-0.2, 0) is 0 Å². The second kappa shape index (κ2) is 4.49. The zero-order valence-corrected chi connectivity index (χ0v) is 9.51. The number of hydrogen-bond acceptors (Lipinski definition) is 4. The monoisotopic (exact) mass is 220 g/mol. The van der Waals surface area contributed by atoms with Crippen molar-refractivity contribution in [3.63, 3.8) is 0 Å². The molecule has 0 fully saturated rings. The second-order valence-electron chi connectivity index (χ2n) is 4.01. The molecule has 0 aliphatic carbocycles. The smallest absolute Gasteiger partial charge is 0.157 e. The molecule has 0 bridgehead atoms. The topological polar surface area (TPSA) is 62.5 Å². The standard InChI is InChI=1S/C11H16N4O/c1-8-5-10-12-7-13-15(10)11(6-8)14-9(2)3-4-16/h5-7,9,14,16H,3-4H2,1-2H3. The van der Waals surface area contributed by atoms with Gasteiger partial charge >= 0.3 is 0 Å². The van der Waals surface area contributed by atoms with Gasteiger partial charge < -0.3 is 10.4 Å². The van der Waals surface area contributed by atoms with Crippen molar-refractivity contribution in [3.8, 4) is 0 Å². The lowest BCUT2D eigenvalue weighted by atomic mass is 10.2. The fourth-order valence-corrected chi connectivity index (χ4v) is 1.68. The number of rotatable bonds is 4. The van der Waals surface area contributed by atoms with E-state index < -0.39 is 0 Å². The van der Waals surface area contributed by atoms with Crippen LogP contribution in [0.15, 0.2) is 18.5 Å². The number of aromatic nitrogens is 3. The highest BCUT2D eigenvalue weighted by atomic mass is 16.3. The minimum absolute atomic E-state index is 0.181. The Labute approximate surface area is 94.1 Å². The van der Waals surface area contributed by atoms with E-state index in [2.05, 4.69) is 15.4 Å². The third-order valence-electron chi connectivity index (χ3n) is 2.48. The minimum atomic E-state index is 0.181. The average molecular weight is 220 g/mol. The summed E-state index contributed by atoms with van der Waals surface area (Å²) in [6, 6.07) is 4.21. The Bertz CT molecular complexity index is 480. The van der Waals surface area contributed by atoms with Gasteiger partial charge in [-0.05, 0) is 38.0 Å². The predicted octanol–water partition coefficient (Wildman–Crippen LogP) is 1.22. The summed E-state index contributed by atoms with van der Waals surface area (Å²) in [6.07, 6.45) is 2.25. The van der Waals surface area contributed by atoms with Crippen LogP contribution in [0.4, 0.5) is 5.82 Å². The van der Waals surface area contributed by atoms with Gasteiger partial charge in [0.2, 0.25) is 0 Å². The van der Waals surface area contributed by atoms with Gasteiger partial charge in [0.1, 0.15) is 12.1 Å². The molecule has 2 N–H and O–H groups in total. The Kier molecular flexibility index (Phi) is 3.05. The molecule has 16 heavy (non-hydrogen) atoms. The Morgan fingerprint density at radius 1 is 1.50 bits per heavy atom. The van der Waals surface area contributed by atoms with Gasteiger partial charge in [-0.3, -0.25) is 0 Å². The van der Waals surface area contributed by atoms with Crippen LogP contribution >= 0.6 is 0 Å². The molecule has 5 heteroatoms. The number of nitrogens with zero attached hydrogens (tertiary/aromatic N) is 3. The highest BCUT2D eigenvalue weighted by molar-refractivity contribution is 5.51. The van der Waals surface area contributed by atoms with E-state index in [1.807, 2.05) is 26.0 Å². The maximum Gasteiger partial charge on any atom is 0.157 e. The van der Waals surface area contributed by atoms with Gasteiger partial charge in [0.25, 0.3) is 0 Å². The summed E-state index contributed by atoms with van der Waals surface area (Å²) < 4.78 is 1.76. The Hall–Kier alpha value is -1.62. The number of hydrogen-bond donors (Lipinski definition) is 2. The number of pyridine rings is 1. The first-order chi connectivity index (χ1) is 7.70. The molecule has 1 unspecified atom stereocenters. The fourth-order valence-electron chi connectivity index (χ4n) is 1.68. The van der Waals surface area contributed by atoms with Crippen LogP contribution in [0.2, 0.25) is 0 Å². The highest BCUT2D eigenvalue weighted by Gasteiger charge is 2.06. The molecule has 0 saturated heterocycles. The van der Waals surface area contributed by atoms with Crippen molar-refractivity contribution in [1.29, 1.82) is 0 Å². The number of fused-ring (bicyclic) bond motifs is 1. The Morgan fingerprint density at radius 3 is 3.06 bits per heavy atom. The molecular formula is C11H16N4O. The van der Waals surface area contributed by atoms with Crippen molar-refractivity contribution in [2.45, 2.75) is 26.3 Å². The largest absolute Gasteiger partial charge is 0.396 e. The molecule has 0 aliphatic rings. The summed E-state index contributed by atoms with van der Waals surface area (Å²) in [7, 11) is 0. The highest BCUT2D eigenvalue weighted by Crippen LogP contribution is 2.14. The first kappa shape index (κ1) is 10.9. The number of aliphatic hydroxyl groups excluding tert-OH is 1. The second-order valence-corrected chi connectivity index (χ2v) is 4.01. The first-order valence-electron chi connectivity index (χ1n) is 5.38. The van der Waals surface area contributed by atoms with E-state index in [1.165, 1.54) is 6.33 Å². The molecule has 0 saturated carbocycles. The van der Waals surface area contributed by atoms with Crippen molar-refractivity contribution in [2.24, 2.45) is 0 Å². The van der Waals surface area contributed by atoms with Crippen LogP contribution in [0.25, 0.3) is 5.65 Å². The summed E-state index contributed by atoms with van der Waals surface area (Å²) in [5, 5.41) is 16.3. The van der Waals surface area contributed by atoms with Crippen molar-refractivity contribution in [2.75, 3.05) is 11.9 Å². The maximum absolute atomic E-state index is 8.87. The third kappa shape index (κ3) is 2.14. The number of anilines is 1. The van der Waals surface area contributed by atoms with E-state index in [-0.39, 0.29) is 12.6 Å². The van der Waals surface area contributed by atoms with Crippen molar-refractivity contribution < 1.29 is 5.11 Å². The number of nitrogens with one attached hydrogen (secondary N) is 1. The molecule has 2 aromatic heterocycles. The lowest BCUT2D eigenvalue weighted by Crippen LogP contribution is -2.18. The van der Waals surface area contributed by atoms with Crippen molar-refractivity contribution in [1.82, 2.24) is 14.6 Å². The van der Waals surface area contributed by atoms with Crippen LogP contribution in [0.3, 0.4) is 0 Å². The minimum Gasteiger partial charge on any atom is -0.396 e. The number of aryl methyl sites for hydroxylation is 1. The molecule has 2 aromatic rings. The van der Waals surface area contributed by atoms with E-state index >= 15 is 0 Å².